The summed E-state index contributed by atoms with van der Waals surface area (Å²) in [7, 11) is 1.61. The van der Waals surface area contributed by atoms with Gasteiger partial charge < -0.3 is 10.5 Å². The Balaban J connectivity index is 2.37. The highest BCUT2D eigenvalue weighted by Gasteiger charge is 2.11. The highest BCUT2D eigenvalue weighted by atomic mass is 19.1. The van der Waals surface area contributed by atoms with Crippen LogP contribution in [0.2, 0.25) is 0 Å². The average molecular weight is 245 g/mol. The van der Waals surface area contributed by atoms with Gasteiger partial charge in [0.05, 0.1) is 13.2 Å². The van der Waals surface area contributed by atoms with Gasteiger partial charge in [0.15, 0.2) is 0 Å². The molecule has 0 spiro atoms. The number of hydrogen-bond donors (Lipinski definition) is 1. The molecule has 2 N–H and O–H groups in total. The molecule has 1 unspecified atom stereocenters. The number of halogens is 1. The third kappa shape index (κ3) is 2.68. The molecule has 0 bridgehead atoms. The maximum absolute atomic E-state index is 13.4. The Morgan fingerprint density at radius 2 is 1.89 bits per heavy atom. The van der Waals surface area contributed by atoms with E-state index in [1.54, 1.807) is 7.11 Å². The van der Waals surface area contributed by atoms with Crippen LogP contribution in [0.4, 0.5) is 4.39 Å². The third-order valence-electron chi connectivity index (χ3n) is 2.88. The van der Waals surface area contributed by atoms with E-state index in [4.69, 9.17) is 10.5 Å². The van der Waals surface area contributed by atoms with E-state index in [1.807, 2.05) is 37.3 Å². The first kappa shape index (κ1) is 12.6. The Morgan fingerprint density at radius 3 is 2.56 bits per heavy atom. The van der Waals surface area contributed by atoms with Gasteiger partial charge in [-0.1, -0.05) is 18.2 Å². The Kier molecular flexibility index (Phi) is 3.63. The fourth-order valence-corrected chi connectivity index (χ4v) is 1.97. The summed E-state index contributed by atoms with van der Waals surface area (Å²) in [6.45, 7) is 1.85. The van der Waals surface area contributed by atoms with Crippen LogP contribution in [0.3, 0.4) is 0 Å². The summed E-state index contributed by atoms with van der Waals surface area (Å²) in [4.78, 5) is 0. The summed E-state index contributed by atoms with van der Waals surface area (Å²) in [5, 5.41) is 0. The van der Waals surface area contributed by atoms with Gasteiger partial charge in [-0.2, -0.15) is 0 Å². The molecule has 94 valence electrons. The number of ether oxygens (including phenoxy) is 1. The van der Waals surface area contributed by atoms with Crippen LogP contribution >= 0.6 is 0 Å². The van der Waals surface area contributed by atoms with Gasteiger partial charge in [-0.15, -0.1) is 0 Å². The number of aryl methyl sites for hydroxylation is 1. The zero-order valence-corrected chi connectivity index (χ0v) is 10.5. The average Bonchev–Trinajstić information content (AvgIpc) is 2.37. The minimum Gasteiger partial charge on any atom is -0.497 e. The number of methoxy groups -OCH3 is 1. The second-order valence-electron chi connectivity index (χ2n) is 4.32. The van der Waals surface area contributed by atoms with Crippen molar-refractivity contribution in [2.45, 2.75) is 13.0 Å². The molecule has 2 aromatic rings. The molecule has 18 heavy (non-hydrogen) atoms. The lowest BCUT2D eigenvalue weighted by Crippen LogP contribution is -2.12. The minimum atomic E-state index is -0.352. The Hall–Kier alpha value is -1.87. The van der Waals surface area contributed by atoms with Crippen LogP contribution in [0.1, 0.15) is 22.7 Å². The predicted octanol–water partition coefficient (Wildman–Crippen LogP) is 3.19. The number of benzene rings is 2. The van der Waals surface area contributed by atoms with E-state index < -0.39 is 0 Å². The lowest BCUT2D eigenvalue weighted by atomic mass is 9.98. The summed E-state index contributed by atoms with van der Waals surface area (Å²) < 4.78 is 18.5. The van der Waals surface area contributed by atoms with E-state index in [-0.39, 0.29) is 11.9 Å². The topological polar surface area (TPSA) is 35.2 Å². The first-order valence-electron chi connectivity index (χ1n) is 5.77. The molecule has 1 atom stereocenters. The highest BCUT2D eigenvalue weighted by molar-refractivity contribution is 5.37. The van der Waals surface area contributed by atoms with Crippen molar-refractivity contribution in [2.75, 3.05) is 7.11 Å². The van der Waals surface area contributed by atoms with E-state index in [2.05, 4.69) is 0 Å². The van der Waals surface area contributed by atoms with Crippen molar-refractivity contribution in [1.29, 1.82) is 0 Å². The van der Waals surface area contributed by atoms with Crippen molar-refractivity contribution in [3.8, 4) is 5.75 Å². The largest absolute Gasteiger partial charge is 0.497 e. The fraction of sp³-hybridized carbons (Fsp3) is 0.200. The Bertz CT molecular complexity index is 534. The van der Waals surface area contributed by atoms with Crippen molar-refractivity contribution in [2.24, 2.45) is 5.73 Å². The van der Waals surface area contributed by atoms with Crippen molar-refractivity contribution >= 4 is 0 Å². The van der Waals surface area contributed by atoms with Crippen LogP contribution in [0.15, 0.2) is 42.5 Å². The van der Waals surface area contributed by atoms with Gasteiger partial charge in [-0.25, -0.2) is 4.39 Å². The quantitative estimate of drug-likeness (QED) is 0.901. The van der Waals surface area contributed by atoms with Gasteiger partial charge in [-0.05, 0) is 47.9 Å². The molecule has 0 aliphatic heterocycles. The molecule has 0 aromatic heterocycles. The van der Waals surface area contributed by atoms with E-state index in [1.165, 1.54) is 12.1 Å². The zero-order chi connectivity index (χ0) is 13.1. The fourth-order valence-electron chi connectivity index (χ4n) is 1.97. The molecule has 3 heteroatoms. The summed E-state index contributed by atoms with van der Waals surface area (Å²) in [6, 6.07) is 12.0. The molecule has 0 saturated heterocycles. The van der Waals surface area contributed by atoms with Gasteiger partial charge >= 0.3 is 0 Å². The van der Waals surface area contributed by atoms with Crippen LogP contribution in [-0.2, 0) is 0 Å². The van der Waals surface area contributed by atoms with Crippen molar-refractivity contribution in [3.63, 3.8) is 0 Å². The molecule has 2 nitrogen and oxygen atoms in total. The molecule has 0 fully saturated rings. The molecule has 0 saturated carbocycles. The molecule has 0 amide bonds. The number of rotatable bonds is 3. The molecule has 0 aliphatic carbocycles. The first-order valence-corrected chi connectivity index (χ1v) is 5.77. The van der Waals surface area contributed by atoms with Crippen molar-refractivity contribution < 1.29 is 9.13 Å². The normalized spacial score (nSPS) is 12.2. The Labute approximate surface area is 106 Å². The summed E-state index contributed by atoms with van der Waals surface area (Å²) in [5.74, 6) is 0.486. The summed E-state index contributed by atoms with van der Waals surface area (Å²) in [5.41, 5.74) is 8.69. The van der Waals surface area contributed by atoms with Gasteiger partial charge in [0.1, 0.15) is 11.6 Å². The Morgan fingerprint density at radius 1 is 1.11 bits per heavy atom. The zero-order valence-electron chi connectivity index (χ0n) is 10.5. The molecular formula is C15H16FNO. The molecule has 2 rings (SSSR count). The van der Waals surface area contributed by atoms with Crippen LogP contribution < -0.4 is 10.5 Å². The van der Waals surface area contributed by atoms with E-state index >= 15 is 0 Å². The second-order valence-corrected chi connectivity index (χ2v) is 4.32. The van der Waals surface area contributed by atoms with Crippen molar-refractivity contribution in [3.05, 3.63) is 65.0 Å². The predicted molar refractivity (Wildman–Crippen MR) is 70.2 cm³/mol. The summed E-state index contributed by atoms with van der Waals surface area (Å²) in [6.07, 6.45) is 0. The molecule has 0 aliphatic rings. The SMILES string of the molecule is COc1cccc(C(N)c2cc(C)cc(F)c2)c1. The molecule has 2 aromatic carbocycles. The maximum atomic E-state index is 13.4. The maximum Gasteiger partial charge on any atom is 0.123 e. The van der Waals surface area contributed by atoms with Crippen LogP contribution in [0.25, 0.3) is 0 Å². The van der Waals surface area contributed by atoms with Gasteiger partial charge in [-0.3, -0.25) is 0 Å². The van der Waals surface area contributed by atoms with Crippen LogP contribution in [0, 0.1) is 12.7 Å². The summed E-state index contributed by atoms with van der Waals surface area (Å²) >= 11 is 0. The highest BCUT2D eigenvalue weighted by Crippen LogP contribution is 2.24. The molecule has 0 radical (unpaired) electrons. The lowest BCUT2D eigenvalue weighted by molar-refractivity contribution is 0.414. The van der Waals surface area contributed by atoms with Crippen LogP contribution in [0.5, 0.6) is 5.75 Å². The monoisotopic (exact) mass is 245 g/mol. The van der Waals surface area contributed by atoms with E-state index in [0.29, 0.717) is 0 Å². The van der Waals surface area contributed by atoms with E-state index in [0.717, 1.165) is 22.4 Å². The van der Waals surface area contributed by atoms with E-state index in [9.17, 15) is 4.39 Å². The number of nitrogens with two attached hydrogens (primary N) is 1. The third-order valence-corrected chi connectivity index (χ3v) is 2.88. The second kappa shape index (κ2) is 5.19. The minimum absolute atomic E-state index is 0.261. The first-order chi connectivity index (χ1) is 8.60. The molecular weight excluding hydrogens is 229 g/mol. The molecule has 0 heterocycles. The van der Waals surface area contributed by atoms with Gasteiger partial charge in [0.2, 0.25) is 0 Å². The van der Waals surface area contributed by atoms with Crippen molar-refractivity contribution in [1.82, 2.24) is 0 Å². The lowest BCUT2D eigenvalue weighted by Gasteiger charge is -2.14. The van der Waals surface area contributed by atoms with Gasteiger partial charge in [0, 0.05) is 0 Å². The number of hydrogen-bond acceptors (Lipinski definition) is 2. The smallest absolute Gasteiger partial charge is 0.123 e. The standard InChI is InChI=1S/C15H16FNO/c1-10-6-12(8-13(16)7-10)15(17)11-4-3-5-14(9-11)18-2/h3-9,15H,17H2,1-2H3. The van der Waals surface area contributed by atoms with Crippen LogP contribution in [-0.4, -0.2) is 7.11 Å². The van der Waals surface area contributed by atoms with Gasteiger partial charge in [0.25, 0.3) is 0 Å².